The van der Waals surface area contributed by atoms with Crippen molar-refractivity contribution in [3.8, 4) is 0 Å². The van der Waals surface area contributed by atoms with Crippen molar-refractivity contribution in [2.75, 3.05) is 0 Å². The van der Waals surface area contributed by atoms with E-state index in [1.165, 1.54) is 5.56 Å². The third kappa shape index (κ3) is 2.15. The van der Waals surface area contributed by atoms with E-state index >= 15 is 0 Å². The van der Waals surface area contributed by atoms with Gasteiger partial charge in [0.1, 0.15) is 5.52 Å². The van der Waals surface area contributed by atoms with E-state index in [0.29, 0.717) is 11.6 Å². The molecule has 0 aliphatic heterocycles. The molecule has 98 valence electrons. The van der Waals surface area contributed by atoms with Gasteiger partial charge >= 0.3 is 0 Å². The first-order chi connectivity index (χ1) is 9.15. The molecule has 19 heavy (non-hydrogen) atoms. The number of aromatic amines is 1. The molecule has 4 heteroatoms. The third-order valence-corrected chi connectivity index (χ3v) is 3.27. The van der Waals surface area contributed by atoms with Crippen LogP contribution in [0.3, 0.4) is 0 Å². The Morgan fingerprint density at radius 2 is 2.11 bits per heavy atom. The predicted molar refractivity (Wildman–Crippen MR) is 77.5 cm³/mol. The molecule has 3 aromatic rings. The van der Waals surface area contributed by atoms with E-state index in [9.17, 15) is 4.79 Å². The van der Waals surface area contributed by atoms with Crippen LogP contribution in [-0.4, -0.2) is 15.4 Å². The number of nitrogens with one attached hydrogen (secondary N) is 2. The Morgan fingerprint density at radius 1 is 1.26 bits per heavy atom. The topological polar surface area (TPSA) is 49.3 Å². The van der Waals surface area contributed by atoms with Crippen LogP contribution in [0.2, 0.25) is 0 Å². The molecule has 0 saturated carbocycles. The molecule has 2 aromatic heterocycles. The van der Waals surface area contributed by atoms with E-state index in [0.717, 1.165) is 17.6 Å². The van der Waals surface area contributed by atoms with Crippen molar-refractivity contribution < 1.29 is 0 Å². The largest absolute Gasteiger partial charge is 0.319 e. The van der Waals surface area contributed by atoms with Gasteiger partial charge in [-0.1, -0.05) is 19.9 Å². The highest BCUT2D eigenvalue weighted by Gasteiger charge is 2.05. The maximum Gasteiger partial charge on any atom is 0.272 e. The van der Waals surface area contributed by atoms with Gasteiger partial charge in [-0.2, -0.15) is 0 Å². The van der Waals surface area contributed by atoms with Gasteiger partial charge in [0.15, 0.2) is 0 Å². The molecule has 0 radical (unpaired) electrons. The Balaban J connectivity index is 2.16. The lowest BCUT2D eigenvalue weighted by atomic mass is 10.2. The van der Waals surface area contributed by atoms with E-state index in [4.69, 9.17) is 0 Å². The minimum atomic E-state index is -0.0504. The molecule has 0 aliphatic rings. The van der Waals surface area contributed by atoms with Crippen LogP contribution in [0.15, 0.2) is 41.3 Å². The zero-order chi connectivity index (χ0) is 13.4. The number of hydrogen-bond donors (Lipinski definition) is 2. The fourth-order valence-corrected chi connectivity index (χ4v) is 2.28. The standard InChI is InChI=1S/C15H17N3O/c1-10(2)16-9-11-5-6-12-14(8-11)18-7-3-4-13(18)15(19)17-12/h3-8,10,16H,9H2,1-2H3,(H,17,19). The first-order valence-electron chi connectivity index (χ1n) is 6.50. The van der Waals surface area contributed by atoms with Crippen molar-refractivity contribution in [1.82, 2.24) is 14.7 Å². The number of benzene rings is 1. The molecule has 0 atom stereocenters. The second-order valence-corrected chi connectivity index (χ2v) is 5.10. The van der Waals surface area contributed by atoms with E-state index in [1.807, 2.05) is 34.9 Å². The van der Waals surface area contributed by atoms with Gasteiger partial charge < -0.3 is 14.7 Å². The van der Waals surface area contributed by atoms with Crippen molar-refractivity contribution in [2.45, 2.75) is 26.4 Å². The van der Waals surface area contributed by atoms with Crippen LogP contribution in [0.25, 0.3) is 16.6 Å². The lowest BCUT2D eigenvalue weighted by molar-refractivity contribution is 0.589. The van der Waals surface area contributed by atoms with Gasteiger partial charge in [0.05, 0.1) is 11.0 Å². The first-order valence-corrected chi connectivity index (χ1v) is 6.50. The van der Waals surface area contributed by atoms with Crippen LogP contribution in [0, 0.1) is 0 Å². The maximum absolute atomic E-state index is 11.9. The molecule has 1 aromatic carbocycles. The van der Waals surface area contributed by atoms with Crippen LogP contribution in [0.5, 0.6) is 0 Å². The number of H-pyrrole nitrogens is 1. The highest BCUT2D eigenvalue weighted by Crippen LogP contribution is 2.15. The second kappa shape index (κ2) is 4.55. The summed E-state index contributed by atoms with van der Waals surface area (Å²) in [5.41, 5.74) is 3.74. The monoisotopic (exact) mass is 255 g/mol. The number of aromatic nitrogens is 2. The van der Waals surface area contributed by atoms with Crippen LogP contribution in [0.1, 0.15) is 19.4 Å². The molecule has 4 nitrogen and oxygen atoms in total. The van der Waals surface area contributed by atoms with Gasteiger partial charge in [-0.25, -0.2) is 0 Å². The minimum Gasteiger partial charge on any atom is -0.319 e. The molecular weight excluding hydrogens is 238 g/mol. The lowest BCUT2D eigenvalue weighted by Crippen LogP contribution is -2.21. The quantitative estimate of drug-likeness (QED) is 0.754. The van der Waals surface area contributed by atoms with Crippen molar-refractivity contribution in [1.29, 1.82) is 0 Å². The average Bonchev–Trinajstić information content (AvgIpc) is 2.87. The number of rotatable bonds is 3. The minimum absolute atomic E-state index is 0.0504. The maximum atomic E-state index is 11.9. The summed E-state index contributed by atoms with van der Waals surface area (Å²) in [6, 6.07) is 10.3. The summed E-state index contributed by atoms with van der Waals surface area (Å²) >= 11 is 0. The molecule has 0 spiro atoms. The summed E-state index contributed by atoms with van der Waals surface area (Å²) < 4.78 is 1.94. The van der Waals surface area contributed by atoms with E-state index in [-0.39, 0.29) is 5.56 Å². The lowest BCUT2D eigenvalue weighted by Gasteiger charge is -2.09. The van der Waals surface area contributed by atoms with Gasteiger partial charge in [0.2, 0.25) is 0 Å². The van der Waals surface area contributed by atoms with Crippen molar-refractivity contribution >= 4 is 16.6 Å². The number of hydrogen-bond acceptors (Lipinski definition) is 2. The van der Waals surface area contributed by atoms with Crippen molar-refractivity contribution in [3.63, 3.8) is 0 Å². The van der Waals surface area contributed by atoms with Crippen LogP contribution in [-0.2, 0) is 6.54 Å². The second-order valence-electron chi connectivity index (χ2n) is 5.10. The summed E-state index contributed by atoms with van der Waals surface area (Å²) in [7, 11) is 0. The van der Waals surface area contributed by atoms with Gasteiger partial charge in [-0.15, -0.1) is 0 Å². The Morgan fingerprint density at radius 3 is 2.89 bits per heavy atom. The van der Waals surface area contributed by atoms with Crippen molar-refractivity contribution in [2.24, 2.45) is 0 Å². The summed E-state index contributed by atoms with van der Waals surface area (Å²) in [6.07, 6.45) is 1.92. The van der Waals surface area contributed by atoms with Gasteiger partial charge in [0, 0.05) is 18.8 Å². The highest BCUT2D eigenvalue weighted by atomic mass is 16.1. The number of fused-ring (bicyclic) bond motifs is 3. The molecule has 2 heterocycles. The SMILES string of the molecule is CC(C)NCc1ccc2[nH]c(=O)c3cccn3c2c1. The zero-order valence-corrected chi connectivity index (χ0v) is 11.1. The predicted octanol–water partition coefficient (Wildman–Crippen LogP) is 2.28. The molecule has 0 unspecified atom stereocenters. The zero-order valence-electron chi connectivity index (χ0n) is 11.1. The molecule has 0 amide bonds. The molecule has 0 bridgehead atoms. The Kier molecular flexibility index (Phi) is 2.87. The summed E-state index contributed by atoms with van der Waals surface area (Å²) in [5, 5.41) is 3.40. The van der Waals surface area contributed by atoms with Gasteiger partial charge in [-0.05, 0) is 29.8 Å². The smallest absolute Gasteiger partial charge is 0.272 e. The molecule has 0 aliphatic carbocycles. The fourth-order valence-electron chi connectivity index (χ4n) is 2.28. The van der Waals surface area contributed by atoms with Crippen LogP contribution in [0.4, 0.5) is 0 Å². The Hall–Kier alpha value is -2.07. The third-order valence-electron chi connectivity index (χ3n) is 3.27. The van der Waals surface area contributed by atoms with Crippen molar-refractivity contribution in [3.05, 3.63) is 52.4 Å². The summed E-state index contributed by atoms with van der Waals surface area (Å²) in [5.74, 6) is 0. The van der Waals surface area contributed by atoms with Crippen LogP contribution >= 0.6 is 0 Å². The van der Waals surface area contributed by atoms with E-state index in [1.54, 1.807) is 0 Å². The molecule has 0 saturated heterocycles. The van der Waals surface area contributed by atoms with E-state index in [2.05, 4.69) is 30.2 Å². The Labute approximate surface area is 111 Å². The van der Waals surface area contributed by atoms with E-state index < -0.39 is 0 Å². The molecule has 3 rings (SSSR count). The molecular formula is C15H17N3O. The normalized spacial score (nSPS) is 11.7. The first kappa shape index (κ1) is 12.0. The highest BCUT2D eigenvalue weighted by molar-refractivity contribution is 5.78. The molecule has 2 N–H and O–H groups in total. The summed E-state index contributed by atoms with van der Waals surface area (Å²) in [4.78, 5) is 14.8. The van der Waals surface area contributed by atoms with Gasteiger partial charge in [0.25, 0.3) is 5.56 Å². The van der Waals surface area contributed by atoms with Crippen LogP contribution < -0.4 is 10.9 Å². The Bertz CT molecular complexity index is 783. The number of nitrogens with zero attached hydrogens (tertiary/aromatic N) is 1. The van der Waals surface area contributed by atoms with Gasteiger partial charge in [-0.3, -0.25) is 4.79 Å². The average molecular weight is 255 g/mol. The fraction of sp³-hybridized carbons (Fsp3) is 0.267. The summed E-state index contributed by atoms with van der Waals surface area (Å²) in [6.45, 7) is 5.08. The molecule has 0 fully saturated rings.